The first kappa shape index (κ1) is 18.4. The average molecular weight is 345 g/mol. The van der Waals surface area contributed by atoms with E-state index in [0.29, 0.717) is 12.5 Å². The maximum Gasteiger partial charge on any atom is 0.335 e. The minimum atomic E-state index is -1.19. The normalized spacial score (nSPS) is 10.6. The zero-order valence-electron chi connectivity index (χ0n) is 14.1. The number of anilines is 1. The van der Waals surface area contributed by atoms with Gasteiger partial charge in [0.25, 0.3) is 0 Å². The van der Waals surface area contributed by atoms with Gasteiger partial charge in [0.1, 0.15) is 11.6 Å². The van der Waals surface area contributed by atoms with E-state index < -0.39 is 17.7 Å². The molecule has 0 atom stereocenters. The lowest BCUT2D eigenvalue weighted by atomic mass is 10.1. The predicted molar refractivity (Wildman–Crippen MR) is 92.5 cm³/mol. The molecule has 6 heteroatoms. The van der Waals surface area contributed by atoms with E-state index in [1.54, 1.807) is 24.3 Å². The molecule has 132 valence electrons. The Morgan fingerprint density at radius 3 is 2.44 bits per heavy atom. The van der Waals surface area contributed by atoms with Gasteiger partial charge in [0, 0.05) is 0 Å². The maximum absolute atomic E-state index is 13.7. The van der Waals surface area contributed by atoms with Crippen molar-refractivity contribution in [2.45, 2.75) is 20.3 Å². The summed E-state index contributed by atoms with van der Waals surface area (Å²) in [4.78, 5) is 23.0. The second-order valence-electron chi connectivity index (χ2n) is 6.07. The molecule has 2 rings (SSSR count). The van der Waals surface area contributed by atoms with E-state index in [1.807, 2.05) is 0 Å². The summed E-state index contributed by atoms with van der Waals surface area (Å²) in [5, 5.41) is 11.3. The van der Waals surface area contributed by atoms with E-state index in [0.717, 1.165) is 29.5 Å². The van der Waals surface area contributed by atoms with Crippen LogP contribution in [-0.2, 0) is 11.2 Å². The SMILES string of the molecule is CC(C)COc1ccc(CC(=O)Nc2cc(C(=O)O)ccc2F)cc1. The highest BCUT2D eigenvalue weighted by atomic mass is 19.1. The van der Waals surface area contributed by atoms with Crippen molar-refractivity contribution in [3.05, 3.63) is 59.4 Å². The molecule has 0 heterocycles. The molecule has 25 heavy (non-hydrogen) atoms. The number of carboxylic acids is 1. The molecule has 0 saturated heterocycles. The standard InChI is InChI=1S/C19H20FNO4/c1-12(2)11-25-15-6-3-13(4-7-15)9-18(22)21-17-10-14(19(23)24)5-8-16(17)20/h3-8,10,12H,9,11H2,1-2H3,(H,21,22)(H,23,24). The smallest absolute Gasteiger partial charge is 0.335 e. The van der Waals surface area contributed by atoms with Crippen molar-refractivity contribution in [3.63, 3.8) is 0 Å². The van der Waals surface area contributed by atoms with Crippen LogP contribution in [-0.4, -0.2) is 23.6 Å². The van der Waals surface area contributed by atoms with Crippen molar-refractivity contribution in [3.8, 4) is 5.75 Å². The molecule has 0 fully saturated rings. The second-order valence-corrected chi connectivity index (χ2v) is 6.07. The van der Waals surface area contributed by atoms with Crippen LogP contribution >= 0.6 is 0 Å². The van der Waals surface area contributed by atoms with Crippen LogP contribution in [0.5, 0.6) is 5.75 Å². The molecule has 2 aromatic rings. The highest BCUT2D eigenvalue weighted by molar-refractivity contribution is 5.95. The van der Waals surface area contributed by atoms with E-state index in [1.165, 1.54) is 0 Å². The largest absolute Gasteiger partial charge is 0.493 e. The van der Waals surface area contributed by atoms with Crippen molar-refractivity contribution in [2.24, 2.45) is 5.92 Å². The van der Waals surface area contributed by atoms with Gasteiger partial charge in [-0.25, -0.2) is 9.18 Å². The molecule has 0 saturated carbocycles. The zero-order valence-corrected chi connectivity index (χ0v) is 14.1. The van der Waals surface area contributed by atoms with Gasteiger partial charge in [0.15, 0.2) is 0 Å². The Hall–Kier alpha value is -2.89. The first-order valence-corrected chi connectivity index (χ1v) is 7.89. The molecule has 5 nitrogen and oxygen atoms in total. The molecular weight excluding hydrogens is 325 g/mol. The molecule has 0 aliphatic heterocycles. The Morgan fingerprint density at radius 2 is 1.84 bits per heavy atom. The number of hydrogen-bond donors (Lipinski definition) is 2. The number of rotatable bonds is 7. The van der Waals surface area contributed by atoms with Gasteiger partial charge in [-0.15, -0.1) is 0 Å². The Bertz CT molecular complexity index is 757. The van der Waals surface area contributed by atoms with E-state index in [4.69, 9.17) is 9.84 Å². The molecule has 0 radical (unpaired) electrons. The maximum atomic E-state index is 13.7. The van der Waals surface area contributed by atoms with E-state index in [9.17, 15) is 14.0 Å². The van der Waals surface area contributed by atoms with Crippen LogP contribution in [0, 0.1) is 11.7 Å². The van der Waals surface area contributed by atoms with Gasteiger partial charge < -0.3 is 15.2 Å². The average Bonchev–Trinajstić information content (AvgIpc) is 2.56. The topological polar surface area (TPSA) is 75.6 Å². The summed E-state index contributed by atoms with van der Waals surface area (Å²) in [6.45, 7) is 4.72. The Morgan fingerprint density at radius 1 is 1.16 bits per heavy atom. The van der Waals surface area contributed by atoms with Crippen molar-refractivity contribution < 1.29 is 23.8 Å². The number of benzene rings is 2. The van der Waals surface area contributed by atoms with Crippen LogP contribution in [0.3, 0.4) is 0 Å². The van der Waals surface area contributed by atoms with Gasteiger partial charge in [0.2, 0.25) is 5.91 Å². The lowest BCUT2D eigenvalue weighted by Crippen LogP contribution is -2.16. The second kappa shape index (κ2) is 8.28. The molecule has 2 aromatic carbocycles. The molecule has 0 aromatic heterocycles. The van der Waals surface area contributed by atoms with Gasteiger partial charge in [-0.3, -0.25) is 4.79 Å². The number of hydrogen-bond acceptors (Lipinski definition) is 3. The number of ether oxygens (including phenoxy) is 1. The predicted octanol–water partition coefficient (Wildman–Crippen LogP) is 3.74. The van der Waals surface area contributed by atoms with E-state index in [2.05, 4.69) is 19.2 Å². The molecule has 0 bridgehead atoms. The summed E-state index contributed by atoms with van der Waals surface area (Å²) in [5.74, 6) is -1.17. The molecule has 1 amide bonds. The van der Waals surface area contributed by atoms with Crippen molar-refractivity contribution in [2.75, 3.05) is 11.9 Å². The number of carboxylic acid groups (broad SMARTS) is 1. The first-order valence-electron chi connectivity index (χ1n) is 7.89. The van der Waals surface area contributed by atoms with E-state index in [-0.39, 0.29) is 17.7 Å². The Labute approximate surface area is 145 Å². The summed E-state index contributed by atoms with van der Waals surface area (Å²) in [6.07, 6.45) is 0.0429. The van der Waals surface area contributed by atoms with Crippen LogP contribution in [0.2, 0.25) is 0 Å². The van der Waals surface area contributed by atoms with Gasteiger partial charge in [-0.2, -0.15) is 0 Å². The lowest BCUT2D eigenvalue weighted by Gasteiger charge is -2.10. The van der Waals surface area contributed by atoms with E-state index >= 15 is 0 Å². The molecule has 0 aliphatic carbocycles. The summed E-state index contributed by atoms with van der Waals surface area (Å²) >= 11 is 0. The third-order valence-corrected chi connectivity index (χ3v) is 3.36. The minimum absolute atomic E-state index is 0.0429. The van der Waals surface area contributed by atoms with Crippen LogP contribution in [0.25, 0.3) is 0 Å². The summed E-state index contributed by atoms with van der Waals surface area (Å²) < 4.78 is 19.3. The highest BCUT2D eigenvalue weighted by Crippen LogP contribution is 2.18. The molecule has 0 aliphatic rings. The lowest BCUT2D eigenvalue weighted by molar-refractivity contribution is -0.115. The quantitative estimate of drug-likeness (QED) is 0.801. The number of carbonyl (C=O) groups excluding carboxylic acids is 1. The van der Waals surface area contributed by atoms with Crippen molar-refractivity contribution in [1.29, 1.82) is 0 Å². The molecule has 2 N–H and O–H groups in total. The van der Waals surface area contributed by atoms with Gasteiger partial charge in [-0.05, 0) is 41.8 Å². The highest BCUT2D eigenvalue weighted by Gasteiger charge is 2.11. The number of nitrogens with one attached hydrogen (secondary N) is 1. The minimum Gasteiger partial charge on any atom is -0.493 e. The fraction of sp³-hybridized carbons (Fsp3) is 0.263. The van der Waals surface area contributed by atoms with Gasteiger partial charge in [-0.1, -0.05) is 26.0 Å². The number of carbonyl (C=O) groups is 2. The molecule has 0 unspecified atom stereocenters. The monoisotopic (exact) mass is 345 g/mol. The number of aromatic carboxylic acids is 1. The van der Waals surface area contributed by atoms with Crippen LogP contribution < -0.4 is 10.1 Å². The van der Waals surface area contributed by atoms with Gasteiger partial charge >= 0.3 is 5.97 Å². The summed E-state index contributed by atoms with van der Waals surface area (Å²) in [7, 11) is 0. The summed E-state index contributed by atoms with van der Waals surface area (Å²) in [5.41, 5.74) is 0.495. The fourth-order valence-electron chi connectivity index (χ4n) is 2.10. The van der Waals surface area contributed by atoms with Crippen molar-refractivity contribution in [1.82, 2.24) is 0 Å². The molecular formula is C19H20FNO4. The van der Waals surface area contributed by atoms with Crippen LogP contribution in [0.1, 0.15) is 29.8 Å². The third kappa shape index (κ3) is 5.60. The third-order valence-electron chi connectivity index (χ3n) is 3.36. The molecule has 0 spiro atoms. The fourth-order valence-corrected chi connectivity index (χ4v) is 2.10. The Balaban J connectivity index is 1.98. The Kier molecular flexibility index (Phi) is 6.11. The summed E-state index contributed by atoms with van der Waals surface area (Å²) in [6, 6.07) is 10.3. The zero-order chi connectivity index (χ0) is 18.4. The van der Waals surface area contributed by atoms with Crippen LogP contribution in [0.4, 0.5) is 10.1 Å². The van der Waals surface area contributed by atoms with Crippen LogP contribution in [0.15, 0.2) is 42.5 Å². The first-order chi connectivity index (χ1) is 11.8. The number of halogens is 1. The van der Waals surface area contributed by atoms with Gasteiger partial charge in [0.05, 0.1) is 24.3 Å². The number of amides is 1. The van der Waals surface area contributed by atoms with Crippen molar-refractivity contribution >= 4 is 17.6 Å².